The summed E-state index contributed by atoms with van der Waals surface area (Å²) in [6, 6.07) is 0.248. The zero-order valence-corrected chi connectivity index (χ0v) is 17.7. The lowest BCUT2D eigenvalue weighted by molar-refractivity contribution is 0.0961. The third-order valence-corrected chi connectivity index (χ3v) is 5.44. The number of nitrogens with zero attached hydrogens (tertiary/aromatic N) is 5. The molecule has 0 spiro atoms. The number of hydrogen-bond acceptors (Lipinski definition) is 6. The maximum Gasteiger partial charge on any atom is 0.409 e. The van der Waals surface area contributed by atoms with Crippen molar-refractivity contribution >= 4 is 12.1 Å². The second kappa shape index (κ2) is 10.4. The Bertz CT molecular complexity index is 692. The topological polar surface area (TPSA) is 106 Å². The van der Waals surface area contributed by atoms with E-state index in [2.05, 4.69) is 20.8 Å². The molecule has 1 aromatic rings. The predicted octanol–water partition coefficient (Wildman–Crippen LogP) is 0.959. The largest absolute Gasteiger partial charge is 0.450 e. The first kappa shape index (κ1) is 21.4. The Hall–Kier alpha value is -2.36. The second-order valence-corrected chi connectivity index (χ2v) is 7.51. The minimum atomic E-state index is -0.228. The Kier molecular flexibility index (Phi) is 7.68. The van der Waals surface area contributed by atoms with Crippen molar-refractivity contribution in [3.8, 4) is 0 Å². The first-order chi connectivity index (χ1) is 14.1. The Morgan fingerprint density at radius 3 is 2.72 bits per heavy atom. The van der Waals surface area contributed by atoms with E-state index in [4.69, 9.17) is 14.5 Å². The molecule has 1 aromatic heterocycles. The van der Waals surface area contributed by atoms with Gasteiger partial charge in [0.2, 0.25) is 0 Å². The first-order valence-electron chi connectivity index (χ1n) is 10.5. The zero-order valence-electron chi connectivity index (χ0n) is 17.7. The molecule has 2 N–H and O–H groups in total. The monoisotopic (exact) mass is 407 g/mol. The molecule has 10 nitrogen and oxygen atoms in total. The molecule has 2 aliphatic heterocycles. The minimum absolute atomic E-state index is 0.227. The number of likely N-dealkylation sites (tertiary alicyclic amines) is 1. The second-order valence-electron chi connectivity index (χ2n) is 7.51. The summed E-state index contributed by atoms with van der Waals surface area (Å²) in [4.78, 5) is 18.4. The normalized spacial score (nSPS) is 20.7. The van der Waals surface area contributed by atoms with Crippen molar-refractivity contribution in [2.24, 2.45) is 12.0 Å². The fourth-order valence-electron chi connectivity index (χ4n) is 3.52. The highest BCUT2D eigenvalue weighted by atomic mass is 16.6. The van der Waals surface area contributed by atoms with Crippen LogP contribution in [-0.2, 0) is 23.1 Å². The fourth-order valence-corrected chi connectivity index (χ4v) is 3.52. The van der Waals surface area contributed by atoms with Gasteiger partial charge < -0.3 is 29.6 Å². The summed E-state index contributed by atoms with van der Waals surface area (Å²) in [7, 11) is 1.94. The highest BCUT2D eigenvalue weighted by Gasteiger charge is 2.24. The summed E-state index contributed by atoms with van der Waals surface area (Å²) in [5.41, 5.74) is 0. The van der Waals surface area contributed by atoms with E-state index < -0.39 is 0 Å². The van der Waals surface area contributed by atoms with Crippen LogP contribution in [0.2, 0.25) is 0 Å². The number of aromatic nitrogens is 3. The number of carbonyl (C=O) groups excluding carboxylic acids is 1. The van der Waals surface area contributed by atoms with Gasteiger partial charge in [0.15, 0.2) is 11.8 Å². The molecule has 10 heteroatoms. The van der Waals surface area contributed by atoms with Crippen LogP contribution in [0.25, 0.3) is 0 Å². The Morgan fingerprint density at radius 1 is 1.31 bits per heavy atom. The van der Waals surface area contributed by atoms with E-state index in [0.29, 0.717) is 26.2 Å². The van der Waals surface area contributed by atoms with Crippen molar-refractivity contribution < 1.29 is 14.3 Å². The number of rotatable bonds is 6. The van der Waals surface area contributed by atoms with E-state index in [1.807, 2.05) is 25.5 Å². The number of aryl methyl sites for hydroxylation is 1. The Balaban J connectivity index is 1.56. The lowest BCUT2D eigenvalue weighted by Gasteiger charge is -2.32. The van der Waals surface area contributed by atoms with Gasteiger partial charge in [-0.25, -0.2) is 9.79 Å². The average Bonchev–Trinajstić information content (AvgIpc) is 3.35. The van der Waals surface area contributed by atoms with Crippen molar-refractivity contribution in [3.63, 3.8) is 0 Å². The van der Waals surface area contributed by atoms with Crippen LogP contribution in [0.4, 0.5) is 4.79 Å². The van der Waals surface area contributed by atoms with Crippen LogP contribution in [0.15, 0.2) is 4.99 Å². The molecule has 0 saturated carbocycles. The Labute approximate surface area is 172 Å². The average molecular weight is 408 g/mol. The minimum Gasteiger partial charge on any atom is -0.450 e. The number of hydrogen-bond donors (Lipinski definition) is 2. The van der Waals surface area contributed by atoms with Crippen LogP contribution in [0.5, 0.6) is 0 Å². The summed E-state index contributed by atoms with van der Waals surface area (Å²) in [6.45, 7) is 7.51. The van der Waals surface area contributed by atoms with E-state index in [1.165, 1.54) is 0 Å². The van der Waals surface area contributed by atoms with Crippen molar-refractivity contribution in [2.45, 2.75) is 58.2 Å². The molecule has 29 heavy (non-hydrogen) atoms. The van der Waals surface area contributed by atoms with Gasteiger partial charge in [-0.2, -0.15) is 0 Å². The fraction of sp³-hybridized carbons (Fsp3) is 0.789. The standard InChI is InChI=1S/C19H33N7O3/c1-4-28-19(27)26-9-7-15(8-10-26)22-18(20-12-16-6-5-11-29-16)21-13-17-24-23-14(2)25(17)3/h15-16H,4-13H2,1-3H3,(H2,20,21,22). The van der Waals surface area contributed by atoms with Gasteiger partial charge >= 0.3 is 6.09 Å². The molecule has 1 amide bonds. The number of amides is 1. The molecule has 162 valence electrons. The number of aliphatic imine (C=N–C) groups is 1. The van der Waals surface area contributed by atoms with Crippen molar-refractivity contribution in [3.05, 3.63) is 11.6 Å². The molecule has 3 rings (SSSR count). The zero-order chi connectivity index (χ0) is 20.6. The summed E-state index contributed by atoms with van der Waals surface area (Å²) < 4.78 is 12.8. The van der Waals surface area contributed by atoms with Gasteiger partial charge in [0.1, 0.15) is 12.4 Å². The van der Waals surface area contributed by atoms with Gasteiger partial charge in [-0.3, -0.25) is 0 Å². The van der Waals surface area contributed by atoms with Crippen LogP contribution in [0.3, 0.4) is 0 Å². The highest BCUT2D eigenvalue weighted by Crippen LogP contribution is 2.13. The summed E-state index contributed by atoms with van der Waals surface area (Å²) in [5, 5.41) is 15.2. The van der Waals surface area contributed by atoms with Crippen LogP contribution in [0.1, 0.15) is 44.3 Å². The number of nitrogens with one attached hydrogen (secondary N) is 2. The number of carbonyl (C=O) groups is 1. The van der Waals surface area contributed by atoms with E-state index in [1.54, 1.807) is 4.90 Å². The van der Waals surface area contributed by atoms with Gasteiger partial charge in [-0.1, -0.05) is 0 Å². The van der Waals surface area contributed by atoms with Crippen LogP contribution in [-0.4, -0.2) is 76.7 Å². The van der Waals surface area contributed by atoms with Gasteiger partial charge in [0.05, 0.1) is 12.7 Å². The number of piperidine rings is 1. The number of guanidine groups is 1. The van der Waals surface area contributed by atoms with Crippen molar-refractivity contribution in [1.29, 1.82) is 0 Å². The van der Waals surface area contributed by atoms with Gasteiger partial charge in [0.25, 0.3) is 0 Å². The molecule has 2 fully saturated rings. The molecule has 3 heterocycles. The van der Waals surface area contributed by atoms with E-state index in [0.717, 1.165) is 56.4 Å². The van der Waals surface area contributed by atoms with Crippen LogP contribution in [0, 0.1) is 6.92 Å². The quantitative estimate of drug-likeness (QED) is 0.534. The maximum atomic E-state index is 11.9. The van der Waals surface area contributed by atoms with Crippen LogP contribution < -0.4 is 10.6 Å². The van der Waals surface area contributed by atoms with E-state index >= 15 is 0 Å². The lowest BCUT2D eigenvalue weighted by atomic mass is 10.1. The van der Waals surface area contributed by atoms with Gasteiger partial charge in [-0.05, 0) is 39.5 Å². The maximum absolute atomic E-state index is 11.9. The molecule has 0 radical (unpaired) electrons. The van der Waals surface area contributed by atoms with E-state index in [9.17, 15) is 4.79 Å². The molecule has 2 saturated heterocycles. The molecule has 2 aliphatic rings. The smallest absolute Gasteiger partial charge is 0.409 e. The Morgan fingerprint density at radius 2 is 2.10 bits per heavy atom. The summed E-state index contributed by atoms with van der Waals surface area (Å²) in [5.74, 6) is 2.43. The summed E-state index contributed by atoms with van der Waals surface area (Å²) >= 11 is 0. The molecule has 0 bridgehead atoms. The molecular formula is C19H33N7O3. The predicted molar refractivity (Wildman–Crippen MR) is 109 cm³/mol. The van der Waals surface area contributed by atoms with Crippen molar-refractivity contribution in [2.75, 3.05) is 32.8 Å². The highest BCUT2D eigenvalue weighted by molar-refractivity contribution is 5.80. The SMILES string of the molecule is CCOC(=O)N1CCC(NC(=NCc2nnc(C)n2C)NCC2CCCO2)CC1. The van der Waals surface area contributed by atoms with E-state index in [-0.39, 0.29) is 18.2 Å². The third-order valence-electron chi connectivity index (χ3n) is 5.44. The molecular weight excluding hydrogens is 374 g/mol. The van der Waals surface area contributed by atoms with Gasteiger partial charge in [0, 0.05) is 39.3 Å². The molecule has 1 unspecified atom stereocenters. The number of ether oxygens (including phenoxy) is 2. The lowest BCUT2D eigenvalue weighted by Crippen LogP contribution is -2.50. The van der Waals surface area contributed by atoms with Crippen molar-refractivity contribution in [1.82, 2.24) is 30.3 Å². The molecule has 0 aromatic carbocycles. The van der Waals surface area contributed by atoms with Gasteiger partial charge in [-0.15, -0.1) is 10.2 Å². The van der Waals surface area contributed by atoms with Crippen LogP contribution >= 0.6 is 0 Å². The summed E-state index contributed by atoms with van der Waals surface area (Å²) in [6.07, 6.45) is 3.88. The third kappa shape index (κ3) is 6.06. The molecule has 1 atom stereocenters. The first-order valence-corrected chi connectivity index (χ1v) is 10.5. The molecule has 0 aliphatic carbocycles.